The number of ether oxygens (including phenoxy) is 1. The van der Waals surface area contributed by atoms with E-state index in [1.54, 1.807) is 6.92 Å². The van der Waals surface area contributed by atoms with Gasteiger partial charge in [0.15, 0.2) is 0 Å². The molecular weight excluding hydrogens is 206 g/mol. The second-order valence-corrected chi connectivity index (χ2v) is 4.23. The van der Waals surface area contributed by atoms with Crippen molar-refractivity contribution in [3.05, 3.63) is 22.2 Å². The van der Waals surface area contributed by atoms with Crippen LogP contribution < -0.4 is 10.3 Å². The van der Waals surface area contributed by atoms with Crippen LogP contribution in [0.4, 0.5) is 0 Å². The zero-order valence-corrected chi connectivity index (χ0v) is 9.69. The van der Waals surface area contributed by atoms with Gasteiger partial charge in [-0.15, -0.1) is 0 Å². The van der Waals surface area contributed by atoms with Crippen LogP contribution in [0.25, 0.3) is 0 Å². The minimum atomic E-state index is -0.168. The average molecular weight is 223 g/mol. The van der Waals surface area contributed by atoms with E-state index in [1.807, 2.05) is 0 Å². The molecule has 0 amide bonds. The van der Waals surface area contributed by atoms with Gasteiger partial charge in [0.05, 0.1) is 6.07 Å². The van der Waals surface area contributed by atoms with Gasteiger partial charge in [-0.1, -0.05) is 0 Å². The van der Waals surface area contributed by atoms with Crippen LogP contribution in [0.15, 0.2) is 10.9 Å². The fourth-order valence-corrected chi connectivity index (χ4v) is 1.62. The highest BCUT2D eigenvalue weighted by Gasteiger charge is 2.25. The Kier molecular flexibility index (Phi) is 3.24. The van der Waals surface area contributed by atoms with Gasteiger partial charge in [0, 0.05) is 12.6 Å². The van der Waals surface area contributed by atoms with Gasteiger partial charge < -0.3 is 14.6 Å². The summed E-state index contributed by atoms with van der Waals surface area (Å²) in [7, 11) is 2.09. The Balaban J connectivity index is 1.82. The van der Waals surface area contributed by atoms with E-state index in [-0.39, 0.29) is 5.56 Å². The third-order valence-electron chi connectivity index (χ3n) is 2.70. The minimum Gasteiger partial charge on any atom is -0.476 e. The van der Waals surface area contributed by atoms with Gasteiger partial charge in [0.25, 0.3) is 5.56 Å². The van der Waals surface area contributed by atoms with Crippen LogP contribution in [0.2, 0.25) is 0 Å². The molecule has 1 aliphatic carbocycles. The maximum atomic E-state index is 11.1. The predicted molar refractivity (Wildman–Crippen MR) is 60.7 cm³/mol. The summed E-state index contributed by atoms with van der Waals surface area (Å²) in [6.45, 7) is 3.19. The molecule has 0 saturated heterocycles. The van der Waals surface area contributed by atoms with Crippen molar-refractivity contribution in [2.75, 3.05) is 20.2 Å². The third-order valence-corrected chi connectivity index (χ3v) is 2.70. The highest BCUT2D eigenvalue weighted by Crippen LogP contribution is 2.24. The number of aromatic amines is 1. The van der Waals surface area contributed by atoms with E-state index in [0.717, 1.165) is 12.6 Å². The molecule has 1 N–H and O–H groups in total. The van der Waals surface area contributed by atoms with E-state index in [2.05, 4.69) is 21.9 Å². The van der Waals surface area contributed by atoms with E-state index in [4.69, 9.17) is 4.74 Å². The number of aryl methyl sites for hydroxylation is 1. The number of nitrogens with zero attached hydrogens (tertiary/aromatic N) is 2. The van der Waals surface area contributed by atoms with Crippen molar-refractivity contribution in [2.45, 2.75) is 25.8 Å². The lowest BCUT2D eigenvalue weighted by Crippen LogP contribution is -2.26. The van der Waals surface area contributed by atoms with Gasteiger partial charge in [0.2, 0.25) is 5.88 Å². The Bertz CT molecular complexity index is 412. The molecule has 2 rings (SSSR count). The number of rotatable bonds is 5. The molecule has 1 aliphatic rings. The first-order valence-electron chi connectivity index (χ1n) is 5.56. The summed E-state index contributed by atoms with van der Waals surface area (Å²) in [5, 5.41) is 0. The Labute approximate surface area is 94.5 Å². The first-order valence-corrected chi connectivity index (χ1v) is 5.56. The predicted octanol–water partition coefficient (Wildman–Crippen LogP) is 0.551. The summed E-state index contributed by atoms with van der Waals surface area (Å²) in [5.74, 6) is 0.989. The fraction of sp³-hybridized carbons (Fsp3) is 0.636. The van der Waals surface area contributed by atoms with Crippen molar-refractivity contribution in [1.82, 2.24) is 14.9 Å². The van der Waals surface area contributed by atoms with Crippen LogP contribution in [0.1, 0.15) is 18.7 Å². The van der Waals surface area contributed by atoms with Crippen molar-refractivity contribution in [3.8, 4) is 5.88 Å². The highest BCUT2D eigenvalue weighted by atomic mass is 16.5. The van der Waals surface area contributed by atoms with Crippen LogP contribution in [0, 0.1) is 6.92 Å². The van der Waals surface area contributed by atoms with E-state index in [1.165, 1.54) is 18.9 Å². The Hall–Kier alpha value is -1.36. The molecule has 1 aromatic rings. The molecule has 1 heterocycles. The largest absolute Gasteiger partial charge is 0.476 e. The van der Waals surface area contributed by atoms with Crippen molar-refractivity contribution in [2.24, 2.45) is 0 Å². The van der Waals surface area contributed by atoms with Crippen molar-refractivity contribution in [1.29, 1.82) is 0 Å². The molecule has 0 unspecified atom stereocenters. The lowest BCUT2D eigenvalue weighted by atomic mass is 10.5. The zero-order chi connectivity index (χ0) is 11.5. The molecule has 1 aromatic heterocycles. The Morgan fingerprint density at radius 2 is 2.38 bits per heavy atom. The second-order valence-electron chi connectivity index (χ2n) is 4.23. The molecule has 0 bridgehead atoms. The Morgan fingerprint density at radius 1 is 1.62 bits per heavy atom. The number of nitrogens with one attached hydrogen (secondary N) is 1. The molecule has 0 spiro atoms. The molecule has 5 nitrogen and oxygen atoms in total. The van der Waals surface area contributed by atoms with Crippen LogP contribution in [0.5, 0.6) is 5.88 Å². The number of hydrogen-bond acceptors (Lipinski definition) is 4. The van der Waals surface area contributed by atoms with Crippen LogP contribution in [0.3, 0.4) is 0 Å². The van der Waals surface area contributed by atoms with Gasteiger partial charge in [0.1, 0.15) is 12.4 Å². The van der Waals surface area contributed by atoms with Gasteiger partial charge in [-0.25, -0.2) is 4.98 Å². The molecule has 5 heteroatoms. The van der Waals surface area contributed by atoms with Crippen molar-refractivity contribution < 1.29 is 4.74 Å². The van der Waals surface area contributed by atoms with Crippen LogP contribution >= 0.6 is 0 Å². The molecule has 88 valence electrons. The van der Waals surface area contributed by atoms with Gasteiger partial charge >= 0.3 is 0 Å². The van der Waals surface area contributed by atoms with Gasteiger partial charge in [-0.3, -0.25) is 4.79 Å². The quantitative estimate of drug-likeness (QED) is 0.792. The molecule has 0 aliphatic heterocycles. The van der Waals surface area contributed by atoms with E-state index < -0.39 is 0 Å². The van der Waals surface area contributed by atoms with Gasteiger partial charge in [-0.05, 0) is 26.8 Å². The third kappa shape index (κ3) is 3.06. The van der Waals surface area contributed by atoms with E-state index in [0.29, 0.717) is 18.3 Å². The lowest BCUT2D eigenvalue weighted by molar-refractivity contribution is 0.226. The topological polar surface area (TPSA) is 58.2 Å². The molecular formula is C11H17N3O2. The molecule has 0 aromatic carbocycles. The first-order chi connectivity index (χ1) is 7.65. The number of H-pyrrole nitrogens is 1. The summed E-state index contributed by atoms with van der Waals surface area (Å²) in [6.07, 6.45) is 2.58. The number of likely N-dealkylation sites (N-methyl/N-ethyl adjacent to an activating group) is 1. The summed E-state index contributed by atoms with van der Waals surface area (Å²) in [4.78, 5) is 20.1. The summed E-state index contributed by atoms with van der Waals surface area (Å²) >= 11 is 0. The maximum Gasteiger partial charge on any atom is 0.254 e. The molecule has 1 saturated carbocycles. The summed E-state index contributed by atoms with van der Waals surface area (Å²) in [6, 6.07) is 2.11. The molecule has 0 atom stereocenters. The normalized spacial score (nSPS) is 15.4. The molecule has 0 radical (unpaired) electrons. The zero-order valence-electron chi connectivity index (χ0n) is 9.69. The number of aromatic nitrogens is 2. The summed E-state index contributed by atoms with van der Waals surface area (Å²) < 4.78 is 5.44. The van der Waals surface area contributed by atoms with Crippen molar-refractivity contribution in [3.63, 3.8) is 0 Å². The molecule has 1 fully saturated rings. The van der Waals surface area contributed by atoms with Gasteiger partial charge in [-0.2, -0.15) is 0 Å². The SMILES string of the molecule is Cc1nc(OCCN(C)C2CC2)cc(=O)[nH]1. The lowest BCUT2D eigenvalue weighted by Gasteiger charge is -2.15. The maximum absolute atomic E-state index is 11.1. The minimum absolute atomic E-state index is 0.168. The standard InChI is InChI=1S/C11H17N3O2/c1-8-12-10(15)7-11(13-8)16-6-5-14(2)9-3-4-9/h7,9H,3-6H2,1-2H3,(H,12,13,15). The second kappa shape index (κ2) is 4.65. The first kappa shape index (κ1) is 11.1. The average Bonchev–Trinajstić information content (AvgIpc) is 2.98. The highest BCUT2D eigenvalue weighted by molar-refractivity contribution is 5.08. The number of hydrogen-bond donors (Lipinski definition) is 1. The fourth-order valence-electron chi connectivity index (χ4n) is 1.62. The Morgan fingerprint density at radius 3 is 3.00 bits per heavy atom. The molecule has 16 heavy (non-hydrogen) atoms. The summed E-state index contributed by atoms with van der Waals surface area (Å²) in [5.41, 5.74) is -0.168. The van der Waals surface area contributed by atoms with Crippen molar-refractivity contribution >= 4 is 0 Å². The van der Waals surface area contributed by atoms with E-state index in [9.17, 15) is 4.79 Å². The monoisotopic (exact) mass is 223 g/mol. The van der Waals surface area contributed by atoms with Crippen LogP contribution in [-0.4, -0.2) is 41.1 Å². The smallest absolute Gasteiger partial charge is 0.254 e. The van der Waals surface area contributed by atoms with Crippen LogP contribution in [-0.2, 0) is 0 Å². The van der Waals surface area contributed by atoms with E-state index >= 15 is 0 Å².